The van der Waals surface area contributed by atoms with Crippen molar-refractivity contribution in [1.82, 2.24) is 5.32 Å². The maximum absolute atomic E-state index is 11.9. The molecule has 1 amide bonds. The first-order valence-corrected chi connectivity index (χ1v) is 7.16. The SMILES string of the molecule is O=C(Cc1ccc(Br)cc1)NCc1cccc(CO)c1. The van der Waals surface area contributed by atoms with Crippen LogP contribution in [0.5, 0.6) is 0 Å². The van der Waals surface area contributed by atoms with Crippen LogP contribution in [0.2, 0.25) is 0 Å². The molecule has 0 aliphatic heterocycles. The summed E-state index contributed by atoms with van der Waals surface area (Å²) in [6, 6.07) is 15.3. The van der Waals surface area contributed by atoms with Gasteiger partial charge in [-0.05, 0) is 28.8 Å². The molecule has 0 heterocycles. The number of aliphatic hydroxyl groups is 1. The first-order chi connectivity index (χ1) is 9.67. The fourth-order valence-corrected chi connectivity index (χ4v) is 2.15. The zero-order valence-electron chi connectivity index (χ0n) is 11.0. The van der Waals surface area contributed by atoms with Crippen molar-refractivity contribution in [2.24, 2.45) is 0 Å². The van der Waals surface area contributed by atoms with Crippen molar-refractivity contribution < 1.29 is 9.90 Å². The standard InChI is InChI=1S/C16H16BrNO2/c17-15-6-4-12(5-7-15)9-16(20)18-10-13-2-1-3-14(8-13)11-19/h1-8,19H,9-11H2,(H,18,20). The maximum atomic E-state index is 11.9. The average Bonchev–Trinajstić information content (AvgIpc) is 2.48. The Morgan fingerprint density at radius 3 is 2.45 bits per heavy atom. The third kappa shape index (κ3) is 4.47. The van der Waals surface area contributed by atoms with Crippen LogP contribution < -0.4 is 5.32 Å². The van der Waals surface area contributed by atoms with Crippen molar-refractivity contribution in [3.8, 4) is 0 Å². The van der Waals surface area contributed by atoms with Crippen LogP contribution in [0.3, 0.4) is 0 Å². The van der Waals surface area contributed by atoms with E-state index in [0.717, 1.165) is 21.2 Å². The largest absolute Gasteiger partial charge is 0.392 e. The number of halogens is 1. The summed E-state index contributed by atoms with van der Waals surface area (Å²) in [5, 5.41) is 11.9. The molecule has 2 rings (SSSR count). The molecule has 0 bridgehead atoms. The molecule has 2 aromatic rings. The molecular weight excluding hydrogens is 318 g/mol. The van der Waals surface area contributed by atoms with Crippen LogP contribution in [0.1, 0.15) is 16.7 Å². The average molecular weight is 334 g/mol. The van der Waals surface area contributed by atoms with E-state index in [0.29, 0.717) is 13.0 Å². The van der Waals surface area contributed by atoms with Gasteiger partial charge < -0.3 is 10.4 Å². The van der Waals surface area contributed by atoms with Gasteiger partial charge in [-0.15, -0.1) is 0 Å². The lowest BCUT2D eigenvalue weighted by Gasteiger charge is -2.07. The van der Waals surface area contributed by atoms with Gasteiger partial charge in [0, 0.05) is 11.0 Å². The van der Waals surface area contributed by atoms with E-state index in [1.54, 1.807) is 0 Å². The minimum Gasteiger partial charge on any atom is -0.392 e. The maximum Gasteiger partial charge on any atom is 0.224 e. The number of nitrogens with one attached hydrogen (secondary N) is 1. The van der Waals surface area contributed by atoms with E-state index in [-0.39, 0.29) is 12.5 Å². The summed E-state index contributed by atoms with van der Waals surface area (Å²) >= 11 is 3.37. The number of amides is 1. The monoisotopic (exact) mass is 333 g/mol. The number of hydrogen-bond donors (Lipinski definition) is 2. The normalized spacial score (nSPS) is 10.3. The molecule has 0 aromatic heterocycles. The number of rotatable bonds is 5. The van der Waals surface area contributed by atoms with Crippen molar-refractivity contribution in [3.05, 3.63) is 69.7 Å². The lowest BCUT2D eigenvalue weighted by Crippen LogP contribution is -2.24. The Bertz CT molecular complexity index is 581. The quantitative estimate of drug-likeness (QED) is 0.883. The zero-order chi connectivity index (χ0) is 14.4. The van der Waals surface area contributed by atoms with Gasteiger partial charge in [0.05, 0.1) is 13.0 Å². The number of benzene rings is 2. The number of hydrogen-bond acceptors (Lipinski definition) is 2. The van der Waals surface area contributed by atoms with Gasteiger partial charge in [-0.1, -0.05) is 52.3 Å². The summed E-state index contributed by atoms with van der Waals surface area (Å²) in [5.41, 5.74) is 2.82. The summed E-state index contributed by atoms with van der Waals surface area (Å²) in [6.07, 6.45) is 0.368. The van der Waals surface area contributed by atoms with Crippen LogP contribution in [0, 0.1) is 0 Å². The first kappa shape index (κ1) is 14.8. The Kier molecular flexibility index (Phi) is 5.32. The Hall–Kier alpha value is -1.65. The number of aliphatic hydroxyl groups excluding tert-OH is 1. The molecule has 4 heteroatoms. The van der Waals surface area contributed by atoms with Crippen molar-refractivity contribution in [1.29, 1.82) is 0 Å². The molecule has 0 fully saturated rings. The van der Waals surface area contributed by atoms with Crippen molar-refractivity contribution in [2.45, 2.75) is 19.6 Å². The molecule has 0 saturated carbocycles. The summed E-state index contributed by atoms with van der Waals surface area (Å²) in [5.74, 6) is -0.0123. The molecule has 0 radical (unpaired) electrons. The molecule has 0 atom stereocenters. The van der Waals surface area contributed by atoms with E-state index in [2.05, 4.69) is 21.2 Å². The van der Waals surface area contributed by atoms with Crippen LogP contribution >= 0.6 is 15.9 Å². The fraction of sp³-hybridized carbons (Fsp3) is 0.188. The lowest BCUT2D eigenvalue weighted by atomic mass is 10.1. The molecule has 0 unspecified atom stereocenters. The van der Waals surface area contributed by atoms with Crippen LogP contribution in [-0.2, 0) is 24.4 Å². The van der Waals surface area contributed by atoms with Gasteiger partial charge >= 0.3 is 0 Å². The zero-order valence-corrected chi connectivity index (χ0v) is 12.6. The van der Waals surface area contributed by atoms with E-state index in [1.165, 1.54) is 0 Å². The molecule has 2 N–H and O–H groups in total. The first-order valence-electron chi connectivity index (χ1n) is 6.37. The highest BCUT2D eigenvalue weighted by molar-refractivity contribution is 9.10. The highest BCUT2D eigenvalue weighted by Gasteiger charge is 2.03. The van der Waals surface area contributed by atoms with Gasteiger partial charge in [0.2, 0.25) is 5.91 Å². The molecule has 104 valence electrons. The molecule has 0 aliphatic rings. The third-order valence-electron chi connectivity index (χ3n) is 2.94. The van der Waals surface area contributed by atoms with Gasteiger partial charge in [0.1, 0.15) is 0 Å². The molecule has 2 aromatic carbocycles. The predicted molar refractivity (Wildman–Crippen MR) is 82.1 cm³/mol. The smallest absolute Gasteiger partial charge is 0.224 e. The predicted octanol–water partition coefficient (Wildman–Crippen LogP) is 2.80. The van der Waals surface area contributed by atoms with Gasteiger partial charge in [-0.3, -0.25) is 4.79 Å². The highest BCUT2D eigenvalue weighted by Crippen LogP contribution is 2.11. The van der Waals surface area contributed by atoms with Crippen LogP contribution in [0.25, 0.3) is 0 Å². The summed E-state index contributed by atoms with van der Waals surface area (Å²) in [6.45, 7) is 0.490. The van der Waals surface area contributed by atoms with Crippen LogP contribution in [-0.4, -0.2) is 11.0 Å². The highest BCUT2D eigenvalue weighted by atomic mass is 79.9. The van der Waals surface area contributed by atoms with E-state index in [1.807, 2.05) is 48.5 Å². The topological polar surface area (TPSA) is 49.3 Å². The fourth-order valence-electron chi connectivity index (χ4n) is 1.89. The Balaban J connectivity index is 1.87. The lowest BCUT2D eigenvalue weighted by molar-refractivity contribution is -0.120. The van der Waals surface area contributed by atoms with Crippen molar-refractivity contribution in [3.63, 3.8) is 0 Å². The third-order valence-corrected chi connectivity index (χ3v) is 3.47. The molecule has 3 nitrogen and oxygen atoms in total. The van der Waals surface area contributed by atoms with Crippen LogP contribution in [0.15, 0.2) is 53.0 Å². The summed E-state index contributed by atoms with van der Waals surface area (Å²) < 4.78 is 1.00. The summed E-state index contributed by atoms with van der Waals surface area (Å²) in [7, 11) is 0. The van der Waals surface area contributed by atoms with Gasteiger partial charge in [0.25, 0.3) is 0 Å². The van der Waals surface area contributed by atoms with Crippen molar-refractivity contribution in [2.75, 3.05) is 0 Å². The molecule has 0 saturated heterocycles. The number of carbonyl (C=O) groups is 1. The second-order valence-corrected chi connectivity index (χ2v) is 5.47. The Morgan fingerprint density at radius 2 is 1.75 bits per heavy atom. The molecular formula is C16H16BrNO2. The molecule has 20 heavy (non-hydrogen) atoms. The Morgan fingerprint density at radius 1 is 1.05 bits per heavy atom. The minimum absolute atomic E-state index is 0.0123. The number of carbonyl (C=O) groups excluding carboxylic acids is 1. The van der Waals surface area contributed by atoms with Gasteiger partial charge in [-0.25, -0.2) is 0 Å². The van der Waals surface area contributed by atoms with Gasteiger partial charge in [0.15, 0.2) is 0 Å². The molecule has 0 aliphatic carbocycles. The second kappa shape index (κ2) is 7.22. The van der Waals surface area contributed by atoms with E-state index >= 15 is 0 Å². The van der Waals surface area contributed by atoms with Gasteiger partial charge in [-0.2, -0.15) is 0 Å². The van der Waals surface area contributed by atoms with Crippen molar-refractivity contribution >= 4 is 21.8 Å². The second-order valence-electron chi connectivity index (χ2n) is 4.56. The minimum atomic E-state index is -0.0123. The molecule has 0 spiro atoms. The summed E-state index contributed by atoms with van der Waals surface area (Å²) in [4.78, 5) is 11.9. The van der Waals surface area contributed by atoms with E-state index in [4.69, 9.17) is 5.11 Å². The Labute approximate surface area is 126 Å². The van der Waals surface area contributed by atoms with E-state index in [9.17, 15) is 4.79 Å². The van der Waals surface area contributed by atoms with E-state index < -0.39 is 0 Å². The van der Waals surface area contributed by atoms with Crippen LogP contribution in [0.4, 0.5) is 0 Å².